The summed E-state index contributed by atoms with van der Waals surface area (Å²) in [6.07, 6.45) is 7.67. The van der Waals surface area contributed by atoms with E-state index < -0.39 is 5.60 Å². The second-order valence-electron chi connectivity index (χ2n) is 5.25. The Balaban J connectivity index is 2.10. The van der Waals surface area contributed by atoms with E-state index in [1.807, 2.05) is 72.8 Å². The molecule has 1 aliphatic rings. The monoisotopic (exact) mass is 290 g/mol. The number of hydrogen-bond acceptors (Lipinski definition) is 2. The SMILES string of the molecule is C=C/C=C\C=C1/CC(O)(c2ccccc2)c2ccccc2O1. The van der Waals surface area contributed by atoms with Crippen LogP contribution in [0.5, 0.6) is 5.75 Å². The molecular weight excluding hydrogens is 272 g/mol. The fourth-order valence-electron chi connectivity index (χ4n) is 2.73. The molecule has 0 fully saturated rings. The summed E-state index contributed by atoms with van der Waals surface area (Å²) >= 11 is 0. The van der Waals surface area contributed by atoms with Crippen LogP contribution in [-0.4, -0.2) is 5.11 Å². The first kappa shape index (κ1) is 14.4. The summed E-state index contributed by atoms with van der Waals surface area (Å²) in [7, 11) is 0. The van der Waals surface area contributed by atoms with Gasteiger partial charge >= 0.3 is 0 Å². The van der Waals surface area contributed by atoms with E-state index in [1.54, 1.807) is 6.08 Å². The molecule has 0 saturated carbocycles. The molecule has 3 rings (SSSR count). The van der Waals surface area contributed by atoms with Gasteiger partial charge in [0.1, 0.15) is 17.1 Å². The van der Waals surface area contributed by atoms with E-state index in [-0.39, 0.29) is 0 Å². The maximum atomic E-state index is 11.4. The lowest BCUT2D eigenvalue weighted by molar-refractivity contribution is 0.0558. The first-order valence-electron chi connectivity index (χ1n) is 7.27. The summed E-state index contributed by atoms with van der Waals surface area (Å²) in [6.45, 7) is 3.65. The van der Waals surface area contributed by atoms with Crippen LogP contribution in [-0.2, 0) is 5.60 Å². The first-order chi connectivity index (χ1) is 10.7. The number of benzene rings is 2. The molecule has 1 unspecified atom stereocenters. The van der Waals surface area contributed by atoms with Crippen LogP contribution >= 0.6 is 0 Å². The number of hydrogen-bond donors (Lipinski definition) is 1. The molecule has 0 amide bonds. The minimum Gasteiger partial charge on any atom is -0.461 e. The quantitative estimate of drug-likeness (QED) is 0.852. The van der Waals surface area contributed by atoms with Crippen molar-refractivity contribution in [3.8, 4) is 5.75 Å². The number of ether oxygens (including phenoxy) is 1. The number of allylic oxidation sites excluding steroid dienone is 4. The maximum absolute atomic E-state index is 11.4. The van der Waals surface area contributed by atoms with Crippen molar-refractivity contribution in [3.63, 3.8) is 0 Å². The molecule has 2 aromatic carbocycles. The molecule has 22 heavy (non-hydrogen) atoms. The smallest absolute Gasteiger partial charge is 0.133 e. The third-order valence-electron chi connectivity index (χ3n) is 3.78. The van der Waals surface area contributed by atoms with E-state index in [1.165, 1.54) is 0 Å². The lowest BCUT2D eigenvalue weighted by atomic mass is 9.81. The molecule has 1 aliphatic heterocycles. The van der Waals surface area contributed by atoms with Crippen LogP contribution in [0.15, 0.2) is 91.2 Å². The van der Waals surface area contributed by atoms with E-state index in [2.05, 4.69) is 6.58 Å². The molecule has 1 N–H and O–H groups in total. The third kappa shape index (κ3) is 2.61. The number of rotatable bonds is 3. The Morgan fingerprint density at radius 1 is 1.00 bits per heavy atom. The number of fused-ring (bicyclic) bond motifs is 1. The molecular formula is C20H18O2. The maximum Gasteiger partial charge on any atom is 0.133 e. The van der Waals surface area contributed by atoms with Crippen molar-refractivity contribution in [2.75, 3.05) is 0 Å². The van der Waals surface area contributed by atoms with Gasteiger partial charge in [-0.15, -0.1) is 0 Å². The fraction of sp³-hybridized carbons (Fsp3) is 0.100. The summed E-state index contributed by atoms with van der Waals surface area (Å²) in [5.74, 6) is 1.42. The van der Waals surface area contributed by atoms with Gasteiger partial charge in [0.15, 0.2) is 0 Å². The highest BCUT2D eigenvalue weighted by molar-refractivity contribution is 5.49. The van der Waals surface area contributed by atoms with Gasteiger partial charge in [0.2, 0.25) is 0 Å². The van der Waals surface area contributed by atoms with Crippen LogP contribution in [0, 0.1) is 0 Å². The molecule has 2 aromatic rings. The second-order valence-corrected chi connectivity index (χ2v) is 5.25. The predicted molar refractivity (Wildman–Crippen MR) is 88.5 cm³/mol. The summed E-state index contributed by atoms with van der Waals surface area (Å²) < 4.78 is 5.91. The zero-order valence-corrected chi connectivity index (χ0v) is 12.3. The highest BCUT2D eigenvalue weighted by Gasteiger charge is 2.39. The van der Waals surface area contributed by atoms with Gasteiger partial charge in [0.25, 0.3) is 0 Å². The second kappa shape index (κ2) is 6.04. The molecule has 0 saturated heterocycles. The molecule has 2 heteroatoms. The van der Waals surface area contributed by atoms with Gasteiger partial charge in [0.05, 0.1) is 0 Å². The Bertz CT molecular complexity index is 728. The Morgan fingerprint density at radius 3 is 2.50 bits per heavy atom. The largest absolute Gasteiger partial charge is 0.461 e. The van der Waals surface area contributed by atoms with Gasteiger partial charge in [-0.2, -0.15) is 0 Å². The third-order valence-corrected chi connectivity index (χ3v) is 3.78. The lowest BCUT2D eigenvalue weighted by Crippen LogP contribution is -2.32. The molecule has 1 atom stereocenters. The minimum absolute atomic E-state index is 0.398. The molecule has 0 bridgehead atoms. The zero-order chi connectivity index (χ0) is 15.4. The first-order valence-corrected chi connectivity index (χ1v) is 7.27. The molecule has 0 spiro atoms. The van der Waals surface area contributed by atoms with E-state index in [0.29, 0.717) is 12.2 Å². The van der Waals surface area contributed by atoms with Gasteiger partial charge in [-0.25, -0.2) is 0 Å². The van der Waals surface area contributed by atoms with Crippen molar-refractivity contribution in [1.29, 1.82) is 0 Å². The summed E-state index contributed by atoms with van der Waals surface area (Å²) in [5.41, 5.74) is 0.583. The highest BCUT2D eigenvalue weighted by Crippen LogP contribution is 2.44. The van der Waals surface area contributed by atoms with Crippen LogP contribution < -0.4 is 4.74 Å². The van der Waals surface area contributed by atoms with Crippen molar-refractivity contribution in [1.82, 2.24) is 0 Å². The number of aliphatic hydroxyl groups is 1. The van der Waals surface area contributed by atoms with Gasteiger partial charge in [0, 0.05) is 12.0 Å². The molecule has 0 aromatic heterocycles. The van der Waals surface area contributed by atoms with Crippen molar-refractivity contribution in [2.24, 2.45) is 0 Å². The molecule has 0 aliphatic carbocycles. The van der Waals surface area contributed by atoms with Gasteiger partial charge < -0.3 is 9.84 Å². The number of para-hydroxylation sites is 1. The molecule has 0 radical (unpaired) electrons. The van der Waals surface area contributed by atoms with E-state index >= 15 is 0 Å². The van der Waals surface area contributed by atoms with Crippen molar-refractivity contribution in [2.45, 2.75) is 12.0 Å². The van der Waals surface area contributed by atoms with Crippen LogP contribution in [0.3, 0.4) is 0 Å². The molecule has 2 nitrogen and oxygen atoms in total. The summed E-state index contributed by atoms with van der Waals surface area (Å²) in [6, 6.07) is 17.3. The van der Waals surface area contributed by atoms with Gasteiger partial charge in [-0.3, -0.25) is 0 Å². The summed E-state index contributed by atoms with van der Waals surface area (Å²) in [5, 5.41) is 11.4. The van der Waals surface area contributed by atoms with Crippen molar-refractivity contribution in [3.05, 3.63) is 102 Å². The van der Waals surface area contributed by atoms with Gasteiger partial charge in [-0.1, -0.05) is 73.3 Å². The standard InChI is InChI=1S/C20H18O2/c1-2-3-5-12-17-15-20(21,16-10-6-4-7-11-16)18-13-8-9-14-19(18)22-17/h2-14,21H,1,15H2/b5-3-,17-12+. The Kier molecular flexibility index (Phi) is 3.94. The van der Waals surface area contributed by atoms with Crippen molar-refractivity contribution < 1.29 is 9.84 Å². The van der Waals surface area contributed by atoms with E-state index in [0.717, 1.165) is 16.9 Å². The predicted octanol–water partition coefficient (Wildman–Crippen LogP) is 4.33. The zero-order valence-electron chi connectivity index (χ0n) is 12.3. The van der Waals surface area contributed by atoms with E-state index in [4.69, 9.17) is 4.74 Å². The normalized spacial score (nSPS) is 22.3. The fourth-order valence-corrected chi connectivity index (χ4v) is 2.73. The average molecular weight is 290 g/mol. The van der Waals surface area contributed by atoms with Crippen LogP contribution in [0.1, 0.15) is 17.5 Å². The topological polar surface area (TPSA) is 29.5 Å². The van der Waals surface area contributed by atoms with E-state index in [9.17, 15) is 5.11 Å². The van der Waals surface area contributed by atoms with Crippen LogP contribution in [0.4, 0.5) is 0 Å². The lowest BCUT2D eigenvalue weighted by Gasteiger charge is -2.35. The van der Waals surface area contributed by atoms with Crippen LogP contribution in [0.25, 0.3) is 0 Å². The van der Waals surface area contributed by atoms with Gasteiger partial charge in [-0.05, 0) is 17.7 Å². The summed E-state index contributed by atoms with van der Waals surface area (Å²) in [4.78, 5) is 0. The average Bonchev–Trinajstić information content (AvgIpc) is 2.56. The highest BCUT2D eigenvalue weighted by atomic mass is 16.5. The Labute approximate surface area is 130 Å². The molecule has 110 valence electrons. The van der Waals surface area contributed by atoms with Crippen LogP contribution in [0.2, 0.25) is 0 Å². The Hall–Kier alpha value is -2.58. The molecule has 1 heterocycles. The Morgan fingerprint density at radius 2 is 1.73 bits per heavy atom. The minimum atomic E-state index is -1.08. The van der Waals surface area contributed by atoms with Crippen molar-refractivity contribution >= 4 is 0 Å².